The number of pyridine rings is 1. The monoisotopic (exact) mass is 336 g/mol. The molecule has 120 valence electrons. The molecule has 0 N–H and O–H groups in total. The third kappa shape index (κ3) is 1.98. The highest BCUT2D eigenvalue weighted by atomic mass is 32.2. The fraction of sp³-hybridized carbons (Fsp3) is 0.105. The first kappa shape index (κ1) is 14.9. The number of sulfonamides is 1. The lowest BCUT2D eigenvalue weighted by molar-refractivity contribution is 0.593. The van der Waals surface area contributed by atoms with E-state index >= 15 is 0 Å². The van der Waals surface area contributed by atoms with Crippen LogP contribution in [-0.4, -0.2) is 13.4 Å². The van der Waals surface area contributed by atoms with Crippen LogP contribution in [0, 0.1) is 0 Å². The molecule has 24 heavy (non-hydrogen) atoms. The van der Waals surface area contributed by atoms with Gasteiger partial charge in [-0.15, -0.1) is 0 Å². The van der Waals surface area contributed by atoms with Crippen molar-refractivity contribution >= 4 is 32.2 Å². The Morgan fingerprint density at radius 2 is 1.67 bits per heavy atom. The number of aromatic nitrogens is 1. The second kappa shape index (κ2) is 5.18. The summed E-state index contributed by atoms with van der Waals surface area (Å²) in [5, 5.41) is 0.912. The fourth-order valence-corrected chi connectivity index (χ4v) is 5.04. The largest absolute Gasteiger partial charge is 0.269 e. The molecular weight excluding hydrogens is 320 g/mol. The maximum atomic E-state index is 13.3. The van der Waals surface area contributed by atoms with E-state index in [0.29, 0.717) is 21.8 Å². The van der Waals surface area contributed by atoms with Crippen LogP contribution in [-0.2, 0) is 10.0 Å². The lowest BCUT2D eigenvalue weighted by atomic mass is 10.1. The van der Waals surface area contributed by atoms with E-state index in [2.05, 4.69) is 4.98 Å². The summed E-state index contributed by atoms with van der Waals surface area (Å²) in [6.07, 6.45) is 1.68. The molecule has 2 heterocycles. The Morgan fingerprint density at radius 1 is 0.917 bits per heavy atom. The van der Waals surface area contributed by atoms with Gasteiger partial charge in [0.25, 0.3) is 10.0 Å². The Morgan fingerprint density at radius 3 is 2.50 bits per heavy atom. The van der Waals surface area contributed by atoms with E-state index in [9.17, 15) is 8.42 Å². The molecule has 3 aromatic rings. The van der Waals surface area contributed by atoms with Gasteiger partial charge in [0.05, 0.1) is 16.1 Å². The average molecular weight is 336 g/mol. The van der Waals surface area contributed by atoms with Crippen LogP contribution in [0.1, 0.15) is 19.4 Å². The summed E-state index contributed by atoms with van der Waals surface area (Å²) in [6, 6.07) is 16.5. The number of hydrogen-bond donors (Lipinski definition) is 0. The van der Waals surface area contributed by atoms with Crippen LogP contribution < -0.4 is 4.31 Å². The molecule has 4 nitrogen and oxygen atoms in total. The zero-order valence-corrected chi connectivity index (χ0v) is 14.2. The fourth-order valence-electron chi connectivity index (χ4n) is 3.19. The molecule has 0 saturated heterocycles. The molecule has 5 heteroatoms. The number of hydrogen-bond acceptors (Lipinski definition) is 3. The van der Waals surface area contributed by atoms with Gasteiger partial charge in [-0.2, -0.15) is 0 Å². The van der Waals surface area contributed by atoms with Crippen LogP contribution in [0.25, 0.3) is 16.5 Å². The molecule has 0 aliphatic carbocycles. The maximum Gasteiger partial charge on any atom is 0.269 e. The lowest BCUT2D eigenvalue weighted by Crippen LogP contribution is -2.33. The minimum Gasteiger partial charge on any atom is -0.254 e. The van der Waals surface area contributed by atoms with Crippen molar-refractivity contribution < 1.29 is 8.42 Å². The normalized spacial score (nSPS) is 16.3. The van der Waals surface area contributed by atoms with Crippen molar-refractivity contribution in [2.75, 3.05) is 4.31 Å². The summed E-state index contributed by atoms with van der Waals surface area (Å²) in [7, 11) is -3.67. The molecule has 4 rings (SSSR count). The molecule has 0 radical (unpaired) electrons. The number of fused-ring (bicyclic) bond motifs is 2. The molecule has 2 aromatic carbocycles. The van der Waals surface area contributed by atoms with E-state index in [-0.39, 0.29) is 0 Å². The predicted octanol–water partition coefficient (Wildman–Crippen LogP) is 4.19. The number of rotatable bonds is 1. The zero-order valence-electron chi connectivity index (χ0n) is 13.4. The first-order valence-corrected chi connectivity index (χ1v) is 9.12. The van der Waals surface area contributed by atoms with Gasteiger partial charge in [-0.05, 0) is 43.2 Å². The Labute approximate surface area is 141 Å². The predicted molar refractivity (Wildman–Crippen MR) is 96.1 cm³/mol. The van der Waals surface area contributed by atoms with Crippen molar-refractivity contribution in [2.45, 2.75) is 18.7 Å². The van der Waals surface area contributed by atoms with Gasteiger partial charge >= 0.3 is 0 Å². The molecule has 0 unspecified atom stereocenters. The second-order valence-electron chi connectivity index (χ2n) is 5.83. The molecule has 1 aromatic heterocycles. The van der Waals surface area contributed by atoms with Crippen molar-refractivity contribution in [3.8, 4) is 0 Å². The van der Waals surface area contributed by atoms with Crippen LogP contribution in [0.2, 0.25) is 0 Å². The Balaban J connectivity index is 2.07. The Hall–Kier alpha value is -2.66. The summed E-state index contributed by atoms with van der Waals surface area (Å²) >= 11 is 0. The van der Waals surface area contributed by atoms with E-state index < -0.39 is 10.0 Å². The zero-order chi connectivity index (χ0) is 16.9. The van der Waals surface area contributed by atoms with Gasteiger partial charge in [0.1, 0.15) is 0 Å². The average Bonchev–Trinajstić information content (AvgIpc) is 2.60. The van der Waals surface area contributed by atoms with Crippen LogP contribution in [0.15, 0.2) is 71.4 Å². The highest BCUT2D eigenvalue weighted by Gasteiger charge is 2.35. The van der Waals surface area contributed by atoms with E-state index in [4.69, 9.17) is 0 Å². The van der Waals surface area contributed by atoms with Crippen LogP contribution in [0.3, 0.4) is 0 Å². The molecule has 0 atom stereocenters. The number of allylic oxidation sites excluding steroid dienone is 2. The molecular formula is C19H16N2O2S. The third-order valence-corrected chi connectivity index (χ3v) is 6.35. The molecule has 1 aliphatic heterocycles. The van der Waals surface area contributed by atoms with Gasteiger partial charge in [0.15, 0.2) is 0 Å². The topological polar surface area (TPSA) is 50.3 Å². The maximum absolute atomic E-state index is 13.3. The quantitative estimate of drug-likeness (QED) is 0.669. The smallest absolute Gasteiger partial charge is 0.254 e. The number of nitrogens with zero attached hydrogens (tertiary/aromatic N) is 2. The van der Waals surface area contributed by atoms with E-state index in [1.165, 1.54) is 4.31 Å². The molecule has 0 fully saturated rings. The molecule has 0 bridgehead atoms. The van der Waals surface area contributed by atoms with Gasteiger partial charge in [0.2, 0.25) is 0 Å². The van der Waals surface area contributed by atoms with Crippen LogP contribution in [0.4, 0.5) is 5.69 Å². The van der Waals surface area contributed by atoms with E-state index in [1.54, 1.807) is 24.4 Å². The van der Waals surface area contributed by atoms with Gasteiger partial charge in [0, 0.05) is 17.3 Å². The van der Waals surface area contributed by atoms with E-state index in [0.717, 1.165) is 16.5 Å². The summed E-state index contributed by atoms with van der Waals surface area (Å²) in [4.78, 5) is 4.74. The number of para-hydroxylation sites is 1. The Kier molecular flexibility index (Phi) is 3.21. The third-order valence-electron chi connectivity index (χ3n) is 4.49. The van der Waals surface area contributed by atoms with E-state index in [1.807, 2.05) is 50.2 Å². The minimum atomic E-state index is -3.67. The summed E-state index contributed by atoms with van der Waals surface area (Å²) in [6.45, 7) is 3.79. The standard InChI is InChI=1S/C19H16N2O2S/c1-13-14(2)21(24(22,23)18-11-4-3-9-16(13)18)17-10-5-7-15-8-6-12-20-19(15)17/h3-12H,1-2H3. The lowest BCUT2D eigenvalue weighted by Gasteiger charge is -2.32. The summed E-state index contributed by atoms with van der Waals surface area (Å²) in [5.74, 6) is 0. The van der Waals surface area contributed by atoms with Crippen molar-refractivity contribution in [3.63, 3.8) is 0 Å². The van der Waals surface area contributed by atoms with Gasteiger partial charge < -0.3 is 0 Å². The van der Waals surface area contributed by atoms with Gasteiger partial charge in [-0.1, -0.05) is 36.4 Å². The minimum absolute atomic E-state index is 0.334. The summed E-state index contributed by atoms with van der Waals surface area (Å²) in [5.41, 5.74) is 3.68. The van der Waals surface area contributed by atoms with Crippen LogP contribution in [0.5, 0.6) is 0 Å². The van der Waals surface area contributed by atoms with Gasteiger partial charge in [-0.25, -0.2) is 12.7 Å². The molecule has 0 saturated carbocycles. The highest BCUT2D eigenvalue weighted by molar-refractivity contribution is 7.93. The van der Waals surface area contributed by atoms with Crippen LogP contribution >= 0.6 is 0 Å². The van der Waals surface area contributed by atoms with Crippen molar-refractivity contribution in [3.05, 3.63) is 72.1 Å². The first-order valence-electron chi connectivity index (χ1n) is 7.68. The Bertz CT molecular complexity index is 1100. The highest BCUT2D eigenvalue weighted by Crippen LogP contribution is 2.41. The number of benzene rings is 2. The van der Waals surface area contributed by atoms with Crippen molar-refractivity contribution in [2.24, 2.45) is 0 Å². The SMILES string of the molecule is CC1=C(C)N(c2cccc3cccnc23)S(=O)(=O)c2ccccc21. The van der Waals surface area contributed by atoms with Gasteiger partial charge in [-0.3, -0.25) is 4.98 Å². The van der Waals surface area contributed by atoms with Crippen molar-refractivity contribution in [1.29, 1.82) is 0 Å². The molecule has 0 amide bonds. The summed E-state index contributed by atoms with van der Waals surface area (Å²) < 4.78 is 28.0. The van der Waals surface area contributed by atoms with Crippen molar-refractivity contribution in [1.82, 2.24) is 4.98 Å². The molecule has 1 aliphatic rings. The number of anilines is 1. The second-order valence-corrected chi connectivity index (χ2v) is 7.58. The molecule has 0 spiro atoms. The first-order chi connectivity index (χ1) is 11.5.